The Kier molecular flexibility index (Phi) is 4.89. The Morgan fingerprint density at radius 3 is 2.23 bits per heavy atom. The summed E-state index contributed by atoms with van der Waals surface area (Å²) < 4.78 is 25.0. The van der Waals surface area contributed by atoms with Crippen molar-refractivity contribution in [1.29, 1.82) is 0 Å². The minimum Gasteiger partial charge on any atom is -0.339 e. The fourth-order valence-electron chi connectivity index (χ4n) is 2.30. The summed E-state index contributed by atoms with van der Waals surface area (Å²) in [6.45, 7) is 2.04. The number of benzene rings is 1. The molecule has 0 N–H and O–H groups in total. The molecule has 1 atom stereocenters. The van der Waals surface area contributed by atoms with Gasteiger partial charge in [0.1, 0.15) is 0 Å². The Morgan fingerprint density at radius 2 is 1.77 bits per heavy atom. The molecule has 1 amide bonds. The zero-order valence-electron chi connectivity index (χ0n) is 13.3. The third kappa shape index (κ3) is 3.31. The van der Waals surface area contributed by atoms with E-state index in [-0.39, 0.29) is 16.8 Å². The number of carbonyl (C=O) groups is 1. The minimum atomic E-state index is -3.69. The highest BCUT2D eigenvalue weighted by Gasteiger charge is 2.32. The maximum Gasteiger partial charge on any atom is 0.264 e. The van der Waals surface area contributed by atoms with Gasteiger partial charge < -0.3 is 4.90 Å². The maximum atomic E-state index is 12.4. The molecule has 0 saturated heterocycles. The third-order valence-corrected chi connectivity index (χ3v) is 5.92. The molecule has 2 rings (SSSR count). The van der Waals surface area contributed by atoms with Crippen LogP contribution in [0, 0.1) is 5.92 Å². The van der Waals surface area contributed by atoms with Gasteiger partial charge in [-0.3, -0.25) is 9.63 Å². The second kappa shape index (κ2) is 6.36. The normalized spacial score (nSPS) is 16.6. The van der Waals surface area contributed by atoms with Gasteiger partial charge in [0.15, 0.2) is 0 Å². The maximum absolute atomic E-state index is 12.4. The summed E-state index contributed by atoms with van der Waals surface area (Å²) in [4.78, 5) is 18.9. The molecule has 0 aliphatic heterocycles. The van der Waals surface area contributed by atoms with Crippen LogP contribution in [0.15, 0.2) is 29.2 Å². The Balaban J connectivity index is 2.16. The molecular weight excluding hydrogens is 304 g/mol. The largest absolute Gasteiger partial charge is 0.339 e. The fourth-order valence-corrected chi connectivity index (χ4v) is 3.27. The van der Waals surface area contributed by atoms with E-state index in [0.29, 0.717) is 11.5 Å². The van der Waals surface area contributed by atoms with Crippen molar-refractivity contribution in [1.82, 2.24) is 9.37 Å². The molecule has 0 spiro atoms. The molecule has 1 aliphatic rings. The number of sulfonamides is 1. The lowest BCUT2D eigenvalue weighted by Crippen LogP contribution is -2.36. The first kappa shape index (κ1) is 16.9. The first-order valence-electron chi connectivity index (χ1n) is 7.19. The topological polar surface area (TPSA) is 66.9 Å². The number of hydrogen-bond donors (Lipinski definition) is 0. The predicted molar refractivity (Wildman–Crippen MR) is 82.7 cm³/mol. The number of hydroxylamine groups is 1. The molecular formula is C15H22N2O4S. The molecule has 1 aromatic carbocycles. The van der Waals surface area contributed by atoms with E-state index in [0.717, 1.165) is 4.47 Å². The summed E-state index contributed by atoms with van der Waals surface area (Å²) in [6.07, 6.45) is 2.33. The number of rotatable bonds is 6. The lowest BCUT2D eigenvalue weighted by atomic mass is 10.1. The van der Waals surface area contributed by atoms with Crippen LogP contribution in [-0.4, -0.2) is 50.9 Å². The van der Waals surface area contributed by atoms with Gasteiger partial charge in [0, 0.05) is 25.7 Å². The lowest BCUT2D eigenvalue weighted by molar-refractivity contribution is -0.0258. The van der Waals surface area contributed by atoms with Gasteiger partial charge in [0.25, 0.3) is 15.9 Å². The second-order valence-corrected chi connectivity index (χ2v) is 7.55. The van der Waals surface area contributed by atoms with Gasteiger partial charge >= 0.3 is 0 Å². The molecule has 1 saturated carbocycles. The molecule has 22 heavy (non-hydrogen) atoms. The average molecular weight is 326 g/mol. The zero-order valence-corrected chi connectivity index (χ0v) is 14.1. The minimum absolute atomic E-state index is 0.0892. The van der Waals surface area contributed by atoms with E-state index in [1.165, 1.54) is 51.3 Å². The molecule has 0 heterocycles. The standard InChI is InChI=1S/C15H22N2O4S/c1-11(12-5-6-12)16(2)15(18)13-7-9-14(10-8-13)22(19,20)17(3)21-4/h7-12H,5-6H2,1-4H3. The zero-order chi connectivity index (χ0) is 16.5. The van der Waals surface area contributed by atoms with Gasteiger partial charge in [-0.05, 0) is 49.9 Å². The van der Waals surface area contributed by atoms with Crippen LogP contribution in [0.1, 0.15) is 30.1 Å². The summed E-state index contributed by atoms with van der Waals surface area (Å²) in [6, 6.07) is 6.13. The predicted octanol–water partition coefficient (Wildman–Crippen LogP) is 1.74. The summed E-state index contributed by atoms with van der Waals surface area (Å²) in [7, 11) is 0.701. The van der Waals surface area contributed by atoms with Crippen molar-refractivity contribution < 1.29 is 18.0 Å². The quantitative estimate of drug-likeness (QED) is 0.747. The Hall–Kier alpha value is -1.44. The molecule has 122 valence electrons. The number of nitrogens with zero attached hydrogens (tertiary/aromatic N) is 2. The Morgan fingerprint density at radius 1 is 1.23 bits per heavy atom. The van der Waals surface area contributed by atoms with E-state index in [4.69, 9.17) is 4.84 Å². The van der Waals surface area contributed by atoms with Crippen molar-refractivity contribution >= 4 is 15.9 Å². The summed E-state index contributed by atoms with van der Waals surface area (Å²) in [5.74, 6) is 0.493. The molecule has 0 bridgehead atoms. The fraction of sp³-hybridized carbons (Fsp3) is 0.533. The van der Waals surface area contributed by atoms with Crippen LogP contribution in [0.25, 0.3) is 0 Å². The SMILES string of the molecule is CON(C)S(=O)(=O)c1ccc(C(=O)N(C)C(C)C2CC2)cc1. The van der Waals surface area contributed by atoms with Crippen LogP contribution in [0.4, 0.5) is 0 Å². The van der Waals surface area contributed by atoms with Gasteiger partial charge in [0.2, 0.25) is 0 Å². The average Bonchev–Trinajstić information content (AvgIpc) is 3.36. The van der Waals surface area contributed by atoms with Crippen molar-refractivity contribution in [2.45, 2.75) is 30.7 Å². The Bertz CT molecular complexity index is 638. The smallest absolute Gasteiger partial charge is 0.264 e. The van der Waals surface area contributed by atoms with Crippen molar-refractivity contribution in [2.24, 2.45) is 5.92 Å². The summed E-state index contributed by atoms with van der Waals surface area (Å²) >= 11 is 0. The molecule has 1 aliphatic carbocycles. The monoisotopic (exact) mass is 326 g/mol. The highest BCUT2D eigenvalue weighted by molar-refractivity contribution is 7.89. The van der Waals surface area contributed by atoms with E-state index in [1.807, 2.05) is 6.92 Å². The lowest BCUT2D eigenvalue weighted by Gasteiger charge is -2.25. The molecule has 1 unspecified atom stereocenters. The van der Waals surface area contributed by atoms with Crippen LogP contribution < -0.4 is 0 Å². The molecule has 1 fully saturated rings. The number of hydrogen-bond acceptors (Lipinski definition) is 4. The first-order chi connectivity index (χ1) is 10.3. The van der Waals surface area contributed by atoms with E-state index < -0.39 is 10.0 Å². The molecule has 6 nitrogen and oxygen atoms in total. The van der Waals surface area contributed by atoms with Gasteiger partial charge in [-0.25, -0.2) is 8.42 Å². The van der Waals surface area contributed by atoms with Crippen molar-refractivity contribution in [3.8, 4) is 0 Å². The van der Waals surface area contributed by atoms with Crippen molar-refractivity contribution in [3.05, 3.63) is 29.8 Å². The Labute approximate surface area is 131 Å². The van der Waals surface area contributed by atoms with Crippen LogP contribution in [0.3, 0.4) is 0 Å². The van der Waals surface area contributed by atoms with Crippen molar-refractivity contribution in [2.75, 3.05) is 21.2 Å². The molecule has 0 radical (unpaired) electrons. The van der Waals surface area contributed by atoms with Gasteiger partial charge in [0.05, 0.1) is 12.0 Å². The number of carbonyl (C=O) groups excluding carboxylic acids is 1. The summed E-state index contributed by atoms with van der Waals surface area (Å²) in [5, 5.41) is 0. The van der Waals surface area contributed by atoms with Crippen LogP contribution >= 0.6 is 0 Å². The van der Waals surface area contributed by atoms with Gasteiger partial charge in [-0.2, -0.15) is 0 Å². The van der Waals surface area contributed by atoms with E-state index in [1.54, 1.807) is 11.9 Å². The first-order valence-corrected chi connectivity index (χ1v) is 8.63. The highest BCUT2D eigenvalue weighted by Crippen LogP contribution is 2.35. The molecule has 1 aromatic rings. The molecule has 0 aromatic heterocycles. The van der Waals surface area contributed by atoms with Crippen LogP contribution in [0.2, 0.25) is 0 Å². The molecule has 7 heteroatoms. The second-order valence-electron chi connectivity index (χ2n) is 5.62. The van der Waals surface area contributed by atoms with Crippen LogP contribution in [-0.2, 0) is 14.9 Å². The van der Waals surface area contributed by atoms with E-state index >= 15 is 0 Å². The van der Waals surface area contributed by atoms with Crippen LogP contribution in [0.5, 0.6) is 0 Å². The van der Waals surface area contributed by atoms with E-state index in [2.05, 4.69) is 0 Å². The highest BCUT2D eigenvalue weighted by atomic mass is 32.2. The third-order valence-electron chi connectivity index (χ3n) is 4.23. The number of amides is 1. The van der Waals surface area contributed by atoms with Gasteiger partial charge in [-0.1, -0.05) is 4.47 Å². The van der Waals surface area contributed by atoms with E-state index in [9.17, 15) is 13.2 Å². The van der Waals surface area contributed by atoms with Gasteiger partial charge in [-0.15, -0.1) is 0 Å². The summed E-state index contributed by atoms with van der Waals surface area (Å²) in [5.41, 5.74) is 0.481. The van der Waals surface area contributed by atoms with Crippen molar-refractivity contribution in [3.63, 3.8) is 0 Å².